The second-order valence-corrected chi connectivity index (χ2v) is 8.38. The van der Waals surface area contributed by atoms with E-state index in [1.807, 2.05) is 0 Å². The minimum absolute atomic E-state index is 0.178. The summed E-state index contributed by atoms with van der Waals surface area (Å²) in [5, 5.41) is 16.7. The predicted octanol–water partition coefficient (Wildman–Crippen LogP) is 4.01. The molecular weight excluding hydrogens is 380 g/mol. The van der Waals surface area contributed by atoms with E-state index < -0.39 is 25.4 Å². The molecule has 1 aromatic carbocycles. The average Bonchev–Trinajstić information content (AvgIpc) is 2.13. The molecule has 0 aliphatic rings. The van der Waals surface area contributed by atoms with Crippen molar-refractivity contribution in [2.75, 3.05) is 0 Å². The van der Waals surface area contributed by atoms with Crippen LogP contribution in [0, 0.1) is 5.39 Å². The monoisotopic (exact) mass is 384 g/mol. The molecule has 0 unspecified atom stereocenters. The predicted molar refractivity (Wildman–Crippen MR) is 50.5 cm³/mol. The van der Waals surface area contributed by atoms with Gasteiger partial charge in [0.2, 0.25) is 5.39 Å². The molecule has 0 spiro atoms. The van der Waals surface area contributed by atoms with E-state index in [0.29, 0.717) is 5.69 Å². The Morgan fingerprint density at radius 1 is 1.06 bits per heavy atom. The third kappa shape index (κ3) is 12.6. The van der Waals surface area contributed by atoms with E-state index in [-0.39, 0.29) is 5.56 Å². The van der Waals surface area contributed by atoms with E-state index in [9.17, 15) is 21.7 Å². The Balaban J connectivity index is 0.000000360. The topological polar surface area (TPSA) is 65.5 Å². The number of hydrogen-bond acceptors (Lipinski definition) is 2. The molecular formula is C7H5F6N2O2Sb. The first-order valence-corrected chi connectivity index (χ1v) is 9.73. The quantitative estimate of drug-likeness (QED) is 0.452. The molecule has 0 amide bonds. The van der Waals surface area contributed by atoms with Gasteiger partial charge in [0, 0.05) is 12.1 Å². The van der Waals surface area contributed by atoms with Gasteiger partial charge >= 0.3 is 48.0 Å². The number of nitrogens with zero attached hydrogens (tertiary/aromatic N) is 2. The summed E-state index contributed by atoms with van der Waals surface area (Å²) < 4.78 is 59.6. The summed E-state index contributed by atoms with van der Waals surface area (Å²) in [7, 11) is 0. The molecule has 0 saturated heterocycles. The van der Waals surface area contributed by atoms with Gasteiger partial charge in [-0.25, -0.2) is 4.79 Å². The number of carboxylic acids is 1. The molecule has 1 N–H and O–H groups in total. The van der Waals surface area contributed by atoms with Crippen LogP contribution >= 0.6 is 0 Å². The van der Waals surface area contributed by atoms with Gasteiger partial charge in [-0.05, 0) is 12.1 Å². The summed E-state index contributed by atoms with van der Waals surface area (Å²) in [5.74, 6) is -0.991. The number of aromatic carboxylic acids is 1. The first-order chi connectivity index (χ1) is 7.69. The van der Waals surface area contributed by atoms with Crippen LogP contribution in [0.3, 0.4) is 0 Å². The molecule has 11 heteroatoms. The number of halogens is 6. The molecule has 0 aromatic heterocycles. The van der Waals surface area contributed by atoms with Gasteiger partial charge in [0.05, 0.1) is 5.56 Å². The Morgan fingerprint density at radius 2 is 1.39 bits per heavy atom. The summed E-state index contributed by atoms with van der Waals surface area (Å²) in [6, 6.07) is 5.58. The third-order valence-corrected chi connectivity index (χ3v) is 1.23. The first kappa shape index (κ1) is 16.5. The van der Waals surface area contributed by atoms with Crippen LogP contribution in [0.1, 0.15) is 10.4 Å². The summed E-state index contributed by atoms with van der Waals surface area (Å²) in [6.45, 7) is 0. The van der Waals surface area contributed by atoms with Gasteiger partial charge in [-0.2, -0.15) is 0 Å². The van der Waals surface area contributed by atoms with Crippen molar-refractivity contribution in [2.45, 2.75) is 0 Å². The van der Waals surface area contributed by atoms with Crippen LogP contribution in [0.4, 0.5) is 22.6 Å². The van der Waals surface area contributed by atoms with Gasteiger partial charge < -0.3 is 5.11 Å². The maximum atomic E-state index is 10.3. The van der Waals surface area contributed by atoms with Crippen molar-refractivity contribution in [3.8, 4) is 0 Å². The van der Waals surface area contributed by atoms with Crippen LogP contribution < -0.4 is 0 Å². The van der Waals surface area contributed by atoms with E-state index in [4.69, 9.17) is 10.5 Å². The van der Waals surface area contributed by atoms with Crippen molar-refractivity contribution < 1.29 is 26.8 Å². The fraction of sp³-hybridized carbons (Fsp3) is 0. The van der Waals surface area contributed by atoms with Crippen LogP contribution in [-0.4, -0.2) is 30.6 Å². The van der Waals surface area contributed by atoms with Crippen LogP contribution in [0.25, 0.3) is 4.98 Å². The molecule has 102 valence electrons. The zero-order valence-electron chi connectivity index (χ0n) is 8.27. The molecule has 0 bridgehead atoms. The van der Waals surface area contributed by atoms with Crippen molar-refractivity contribution in [3.05, 3.63) is 34.8 Å². The molecule has 0 fully saturated rings. The van der Waals surface area contributed by atoms with Crippen molar-refractivity contribution in [2.24, 2.45) is 0 Å². The second-order valence-electron chi connectivity index (χ2n) is 2.91. The number of benzene rings is 1. The van der Waals surface area contributed by atoms with Crippen molar-refractivity contribution in [3.63, 3.8) is 0 Å². The molecule has 18 heavy (non-hydrogen) atoms. The van der Waals surface area contributed by atoms with Crippen LogP contribution in [0.2, 0.25) is 0 Å². The Bertz CT molecular complexity index is 477. The van der Waals surface area contributed by atoms with Crippen molar-refractivity contribution in [1.82, 2.24) is 0 Å². The Hall–Kier alpha value is -1.49. The molecule has 0 atom stereocenters. The zero-order chi connectivity index (χ0) is 14.7. The van der Waals surface area contributed by atoms with Crippen LogP contribution in [-0.2, 0) is 0 Å². The number of hydrogen-bond donors (Lipinski definition) is 1. The normalized spacial score (nSPS) is 14.3. The Labute approximate surface area is 98.4 Å². The van der Waals surface area contributed by atoms with E-state index in [2.05, 4.69) is 4.98 Å². The minimum atomic E-state index is -11.2. The van der Waals surface area contributed by atoms with Crippen molar-refractivity contribution >= 4 is 31.1 Å². The van der Waals surface area contributed by atoms with Gasteiger partial charge in [-0.1, -0.05) is 0 Å². The van der Waals surface area contributed by atoms with E-state index in [1.165, 1.54) is 24.3 Å². The Kier molecular flexibility index (Phi) is 3.96. The summed E-state index contributed by atoms with van der Waals surface area (Å²) in [5.41, 5.74) is 0.521. The standard InChI is InChI=1S/C7H4N2O2.6FH.Sb/c8-9-6-3-1-5(2-4-6)7(10)11;;;;;;;/h1-4H;6*1H;/q;;;;;;;+5/p-5. The summed E-state index contributed by atoms with van der Waals surface area (Å²) in [4.78, 5) is 13.2. The van der Waals surface area contributed by atoms with Gasteiger partial charge in [-0.3, -0.25) is 0 Å². The molecule has 0 saturated carbocycles. The second kappa shape index (κ2) is 4.31. The Morgan fingerprint density at radius 3 is 1.61 bits per heavy atom. The van der Waals surface area contributed by atoms with Crippen molar-refractivity contribution in [1.29, 1.82) is 5.39 Å². The molecule has 1 aromatic rings. The SMILES string of the molecule is N#[N+]c1ccc(C(=O)O)cc1.[F][Sb-]([F])([F])([F])([F])[F]. The van der Waals surface area contributed by atoms with Gasteiger partial charge in [0.15, 0.2) is 4.98 Å². The maximum absolute atomic E-state index is 11.2. The summed E-state index contributed by atoms with van der Waals surface area (Å²) >= 11 is -11.2. The van der Waals surface area contributed by atoms with E-state index in [1.54, 1.807) is 0 Å². The van der Waals surface area contributed by atoms with E-state index >= 15 is 0 Å². The van der Waals surface area contributed by atoms with Gasteiger partial charge in [0.25, 0.3) is 0 Å². The number of carboxylic acid groups (broad SMARTS) is 1. The van der Waals surface area contributed by atoms with Crippen LogP contribution in [0.5, 0.6) is 0 Å². The fourth-order valence-electron chi connectivity index (χ4n) is 0.671. The summed E-state index contributed by atoms with van der Waals surface area (Å²) in [6.07, 6.45) is 0. The number of rotatable bonds is 1. The zero-order valence-corrected chi connectivity index (χ0v) is 10.8. The van der Waals surface area contributed by atoms with Crippen LogP contribution in [0.15, 0.2) is 24.3 Å². The molecule has 0 radical (unpaired) electrons. The number of carbonyl (C=O) groups is 1. The third-order valence-electron chi connectivity index (χ3n) is 1.23. The molecule has 0 heterocycles. The molecule has 4 nitrogen and oxygen atoms in total. The van der Waals surface area contributed by atoms with Gasteiger partial charge in [-0.15, -0.1) is 0 Å². The first-order valence-electron chi connectivity index (χ1n) is 3.94. The fourth-order valence-corrected chi connectivity index (χ4v) is 0.671. The average molecular weight is 385 g/mol. The molecule has 0 aliphatic carbocycles. The van der Waals surface area contributed by atoms with E-state index in [0.717, 1.165) is 0 Å². The molecule has 1 rings (SSSR count). The molecule has 0 aliphatic heterocycles. The van der Waals surface area contributed by atoms with Gasteiger partial charge in [0.1, 0.15) is 0 Å². The number of diazo groups is 1.